The van der Waals surface area contributed by atoms with Crippen molar-refractivity contribution >= 4 is 11.4 Å². The van der Waals surface area contributed by atoms with Crippen LogP contribution < -0.4 is 5.32 Å². The van der Waals surface area contributed by atoms with Gasteiger partial charge in [0.05, 0.1) is 11.9 Å². The molecule has 2 N–H and O–H groups in total. The second-order valence-electron chi connectivity index (χ2n) is 3.41. The van der Waals surface area contributed by atoms with E-state index < -0.39 is 0 Å². The fourth-order valence-electron chi connectivity index (χ4n) is 1.31. The summed E-state index contributed by atoms with van der Waals surface area (Å²) in [7, 11) is 0. The van der Waals surface area contributed by atoms with Gasteiger partial charge < -0.3 is 5.32 Å². The summed E-state index contributed by atoms with van der Waals surface area (Å²) in [5, 5.41) is 9.89. The number of hydrogen-bond donors (Lipinski definition) is 2. The summed E-state index contributed by atoms with van der Waals surface area (Å²) in [6, 6.07) is 6.30. The van der Waals surface area contributed by atoms with Crippen LogP contribution in [0.2, 0.25) is 0 Å². The lowest BCUT2D eigenvalue weighted by Gasteiger charge is -2.06. The molecule has 0 amide bonds. The van der Waals surface area contributed by atoms with E-state index in [0.29, 0.717) is 0 Å². The molecule has 2 rings (SSSR count). The monoisotopic (exact) mass is 187 g/mol. The zero-order valence-corrected chi connectivity index (χ0v) is 8.33. The number of H-pyrrole nitrogens is 1. The topological polar surface area (TPSA) is 40.7 Å². The minimum Gasteiger partial charge on any atom is -0.353 e. The van der Waals surface area contributed by atoms with Crippen LogP contribution in [0.15, 0.2) is 30.6 Å². The number of rotatable bonds is 2. The Morgan fingerprint density at radius 3 is 2.64 bits per heavy atom. The molecule has 1 aromatic carbocycles. The van der Waals surface area contributed by atoms with Gasteiger partial charge in [-0.25, -0.2) is 0 Å². The minimum absolute atomic E-state index is 0.980. The number of hydrogen-bond acceptors (Lipinski definition) is 2. The van der Waals surface area contributed by atoms with Gasteiger partial charge in [-0.05, 0) is 37.1 Å². The van der Waals surface area contributed by atoms with Crippen LogP contribution >= 0.6 is 0 Å². The van der Waals surface area contributed by atoms with Crippen LogP contribution in [0, 0.1) is 13.8 Å². The van der Waals surface area contributed by atoms with Crippen molar-refractivity contribution in [3.05, 3.63) is 41.7 Å². The number of nitrogens with zero attached hydrogens (tertiary/aromatic N) is 1. The van der Waals surface area contributed by atoms with Gasteiger partial charge in [-0.1, -0.05) is 6.07 Å². The molecule has 0 aliphatic heterocycles. The Labute approximate surface area is 83.2 Å². The van der Waals surface area contributed by atoms with Crippen molar-refractivity contribution in [3.8, 4) is 0 Å². The molecular formula is C11H13N3. The quantitative estimate of drug-likeness (QED) is 0.759. The van der Waals surface area contributed by atoms with Crippen molar-refractivity contribution in [2.24, 2.45) is 0 Å². The van der Waals surface area contributed by atoms with Gasteiger partial charge in [-0.3, -0.25) is 5.10 Å². The smallest absolute Gasteiger partial charge is 0.0767 e. The van der Waals surface area contributed by atoms with Gasteiger partial charge in [0, 0.05) is 11.9 Å². The van der Waals surface area contributed by atoms with Crippen LogP contribution in [0.1, 0.15) is 11.1 Å². The fraction of sp³-hybridized carbons (Fsp3) is 0.182. The highest BCUT2D eigenvalue weighted by molar-refractivity contribution is 5.59. The Kier molecular flexibility index (Phi) is 2.23. The molecule has 0 atom stereocenters. The maximum atomic E-state index is 3.87. The summed E-state index contributed by atoms with van der Waals surface area (Å²) in [5.41, 5.74) is 4.67. The predicted molar refractivity (Wildman–Crippen MR) is 57.8 cm³/mol. The molecule has 0 spiro atoms. The molecule has 0 unspecified atom stereocenters. The van der Waals surface area contributed by atoms with Crippen LogP contribution in [-0.4, -0.2) is 10.2 Å². The molecule has 0 aliphatic rings. The molecule has 0 aliphatic carbocycles. The number of aromatic amines is 1. The summed E-state index contributed by atoms with van der Waals surface area (Å²) >= 11 is 0. The van der Waals surface area contributed by atoms with E-state index in [1.807, 2.05) is 6.20 Å². The maximum Gasteiger partial charge on any atom is 0.0767 e. The molecule has 0 bridgehead atoms. The van der Waals surface area contributed by atoms with E-state index in [1.165, 1.54) is 11.1 Å². The van der Waals surface area contributed by atoms with Gasteiger partial charge in [0.2, 0.25) is 0 Å². The van der Waals surface area contributed by atoms with Gasteiger partial charge in [0.25, 0.3) is 0 Å². The molecule has 1 aromatic heterocycles. The van der Waals surface area contributed by atoms with E-state index in [1.54, 1.807) is 6.20 Å². The highest BCUT2D eigenvalue weighted by atomic mass is 15.1. The summed E-state index contributed by atoms with van der Waals surface area (Å²) < 4.78 is 0. The Bertz CT molecular complexity index is 418. The molecule has 0 saturated carbocycles. The Hall–Kier alpha value is -1.77. The number of aryl methyl sites for hydroxylation is 2. The Morgan fingerprint density at radius 2 is 2.00 bits per heavy atom. The maximum absolute atomic E-state index is 3.87. The van der Waals surface area contributed by atoms with Gasteiger partial charge in [-0.2, -0.15) is 5.10 Å². The van der Waals surface area contributed by atoms with Crippen LogP contribution in [0.5, 0.6) is 0 Å². The lowest BCUT2D eigenvalue weighted by molar-refractivity contribution is 1.09. The highest BCUT2D eigenvalue weighted by Crippen LogP contribution is 2.18. The van der Waals surface area contributed by atoms with Crippen molar-refractivity contribution in [3.63, 3.8) is 0 Å². The average Bonchev–Trinajstić information content (AvgIpc) is 2.64. The van der Waals surface area contributed by atoms with Crippen LogP contribution in [0.25, 0.3) is 0 Å². The molecule has 3 nitrogen and oxygen atoms in total. The zero-order valence-electron chi connectivity index (χ0n) is 8.33. The van der Waals surface area contributed by atoms with E-state index >= 15 is 0 Å². The molecule has 0 saturated heterocycles. The molecule has 72 valence electrons. The number of nitrogens with one attached hydrogen (secondary N) is 2. The number of anilines is 2. The van der Waals surface area contributed by atoms with E-state index in [2.05, 4.69) is 47.6 Å². The molecule has 0 fully saturated rings. The Balaban J connectivity index is 2.22. The molecule has 2 aromatic rings. The predicted octanol–water partition coefficient (Wildman–Crippen LogP) is 2.77. The summed E-state index contributed by atoms with van der Waals surface area (Å²) in [6.07, 6.45) is 3.59. The van der Waals surface area contributed by atoms with Crippen molar-refractivity contribution in [2.75, 3.05) is 5.32 Å². The van der Waals surface area contributed by atoms with Gasteiger partial charge >= 0.3 is 0 Å². The molecule has 14 heavy (non-hydrogen) atoms. The van der Waals surface area contributed by atoms with Gasteiger partial charge in [0.15, 0.2) is 0 Å². The third-order valence-electron chi connectivity index (χ3n) is 2.29. The lowest BCUT2D eigenvalue weighted by atomic mass is 10.1. The first-order chi connectivity index (χ1) is 6.75. The first-order valence-electron chi connectivity index (χ1n) is 4.59. The fourth-order valence-corrected chi connectivity index (χ4v) is 1.31. The van der Waals surface area contributed by atoms with Gasteiger partial charge in [0.1, 0.15) is 0 Å². The van der Waals surface area contributed by atoms with Crippen molar-refractivity contribution in [2.45, 2.75) is 13.8 Å². The number of aromatic nitrogens is 2. The summed E-state index contributed by atoms with van der Waals surface area (Å²) in [4.78, 5) is 0. The van der Waals surface area contributed by atoms with Crippen LogP contribution in [0.4, 0.5) is 11.4 Å². The van der Waals surface area contributed by atoms with Crippen LogP contribution in [0.3, 0.4) is 0 Å². The lowest BCUT2D eigenvalue weighted by Crippen LogP contribution is -1.90. The summed E-state index contributed by atoms with van der Waals surface area (Å²) in [5.74, 6) is 0. The average molecular weight is 187 g/mol. The van der Waals surface area contributed by atoms with Crippen molar-refractivity contribution < 1.29 is 0 Å². The van der Waals surface area contributed by atoms with Gasteiger partial charge in [-0.15, -0.1) is 0 Å². The second kappa shape index (κ2) is 3.54. The standard InChI is InChI=1S/C11H13N3/c1-8-3-4-10(5-9(8)2)14-11-6-12-13-7-11/h3-7,14H,1-2H3,(H,12,13). The van der Waals surface area contributed by atoms with Crippen molar-refractivity contribution in [1.29, 1.82) is 0 Å². The zero-order chi connectivity index (χ0) is 9.97. The molecule has 0 radical (unpaired) electrons. The third-order valence-corrected chi connectivity index (χ3v) is 2.29. The minimum atomic E-state index is 0.980. The highest BCUT2D eigenvalue weighted by Gasteiger charge is 1.97. The first kappa shape index (κ1) is 8.81. The second-order valence-corrected chi connectivity index (χ2v) is 3.41. The molecule has 1 heterocycles. The largest absolute Gasteiger partial charge is 0.353 e. The van der Waals surface area contributed by atoms with E-state index in [4.69, 9.17) is 0 Å². The van der Waals surface area contributed by atoms with E-state index in [-0.39, 0.29) is 0 Å². The van der Waals surface area contributed by atoms with E-state index in [9.17, 15) is 0 Å². The SMILES string of the molecule is Cc1ccc(Nc2cn[nH]c2)cc1C. The first-order valence-corrected chi connectivity index (χ1v) is 4.59. The van der Waals surface area contributed by atoms with Crippen LogP contribution in [-0.2, 0) is 0 Å². The Morgan fingerprint density at radius 1 is 1.14 bits per heavy atom. The third kappa shape index (κ3) is 1.76. The number of benzene rings is 1. The summed E-state index contributed by atoms with van der Waals surface area (Å²) in [6.45, 7) is 4.22. The van der Waals surface area contributed by atoms with Crippen molar-refractivity contribution in [1.82, 2.24) is 10.2 Å². The van der Waals surface area contributed by atoms with E-state index in [0.717, 1.165) is 11.4 Å². The molecular weight excluding hydrogens is 174 g/mol. The molecule has 3 heteroatoms. The normalized spacial score (nSPS) is 10.1.